The average Bonchev–Trinajstić information content (AvgIpc) is 2.21. The van der Waals surface area contributed by atoms with Gasteiger partial charge in [-0.1, -0.05) is 12.1 Å². The number of hydrogen-bond donors (Lipinski definition) is 1. The van der Waals surface area contributed by atoms with Crippen LogP contribution in [0.3, 0.4) is 0 Å². The molecule has 0 spiro atoms. The monoisotopic (exact) mass is 225 g/mol. The molecular weight excluding hydrogens is 205 g/mol. The van der Waals surface area contributed by atoms with E-state index in [0.717, 1.165) is 18.5 Å². The van der Waals surface area contributed by atoms with Crippen LogP contribution >= 0.6 is 0 Å². The Balaban J connectivity index is 2.49. The van der Waals surface area contributed by atoms with E-state index in [0.29, 0.717) is 12.1 Å². The van der Waals surface area contributed by atoms with E-state index < -0.39 is 0 Å². The Labute approximate surface area is 96.7 Å². The van der Waals surface area contributed by atoms with Crippen LogP contribution in [0, 0.1) is 12.7 Å². The minimum atomic E-state index is -0.280. The third-order valence-corrected chi connectivity index (χ3v) is 2.62. The summed E-state index contributed by atoms with van der Waals surface area (Å²) in [6, 6.07) is 5.32. The van der Waals surface area contributed by atoms with Gasteiger partial charge < -0.3 is 10.0 Å². The lowest BCUT2D eigenvalue weighted by molar-refractivity contribution is 0.163. The first-order valence-corrected chi connectivity index (χ1v) is 5.60. The van der Waals surface area contributed by atoms with Gasteiger partial charge in [0.25, 0.3) is 0 Å². The molecule has 0 fully saturated rings. The number of nitrogens with zero attached hydrogens (tertiary/aromatic N) is 1. The first-order valence-electron chi connectivity index (χ1n) is 5.60. The fraction of sp³-hybridized carbons (Fsp3) is 0.538. The van der Waals surface area contributed by atoms with Crippen LogP contribution in [0.5, 0.6) is 0 Å². The van der Waals surface area contributed by atoms with Crippen molar-refractivity contribution in [2.45, 2.75) is 32.9 Å². The standard InChI is InChI=1S/C13H20FNO/c1-10-4-5-12(8-13(10)14)9-15(3)7-6-11(2)16/h4-5,8,11,16H,6-7,9H2,1-3H3. The number of rotatable bonds is 5. The van der Waals surface area contributed by atoms with Crippen molar-refractivity contribution in [1.82, 2.24) is 4.90 Å². The van der Waals surface area contributed by atoms with E-state index in [-0.39, 0.29) is 11.9 Å². The second-order valence-corrected chi connectivity index (χ2v) is 4.46. The first-order chi connectivity index (χ1) is 7.49. The second kappa shape index (κ2) is 5.97. The number of aliphatic hydroxyl groups is 1. The Hall–Kier alpha value is -0.930. The summed E-state index contributed by atoms with van der Waals surface area (Å²) in [6.45, 7) is 5.06. The molecule has 0 aliphatic rings. The third-order valence-electron chi connectivity index (χ3n) is 2.62. The Bertz CT molecular complexity index is 339. The molecule has 0 bridgehead atoms. The van der Waals surface area contributed by atoms with Crippen LogP contribution in [0.25, 0.3) is 0 Å². The SMILES string of the molecule is Cc1ccc(CN(C)CCC(C)O)cc1F. The molecule has 2 nitrogen and oxygen atoms in total. The molecular formula is C13H20FNO. The van der Waals surface area contributed by atoms with E-state index >= 15 is 0 Å². The van der Waals surface area contributed by atoms with E-state index in [4.69, 9.17) is 5.11 Å². The Morgan fingerprint density at radius 3 is 2.69 bits per heavy atom. The number of aryl methyl sites for hydroxylation is 1. The number of hydrogen-bond acceptors (Lipinski definition) is 2. The first kappa shape index (κ1) is 13.1. The van der Waals surface area contributed by atoms with Gasteiger partial charge in [0.05, 0.1) is 6.10 Å². The summed E-state index contributed by atoms with van der Waals surface area (Å²) in [6.07, 6.45) is 0.461. The maximum atomic E-state index is 13.3. The lowest BCUT2D eigenvalue weighted by Crippen LogP contribution is -2.22. The molecule has 0 aliphatic carbocycles. The van der Waals surface area contributed by atoms with Crippen LogP contribution in [0.4, 0.5) is 4.39 Å². The van der Waals surface area contributed by atoms with Gasteiger partial charge in [0.15, 0.2) is 0 Å². The predicted molar refractivity (Wildman–Crippen MR) is 63.8 cm³/mol. The smallest absolute Gasteiger partial charge is 0.126 e. The fourth-order valence-corrected chi connectivity index (χ4v) is 1.53. The van der Waals surface area contributed by atoms with Crippen LogP contribution in [-0.4, -0.2) is 29.7 Å². The van der Waals surface area contributed by atoms with Crippen molar-refractivity contribution in [2.24, 2.45) is 0 Å². The summed E-state index contributed by atoms with van der Waals surface area (Å²) in [4.78, 5) is 2.08. The number of benzene rings is 1. The van der Waals surface area contributed by atoms with Gasteiger partial charge in [0.2, 0.25) is 0 Å². The van der Waals surface area contributed by atoms with Gasteiger partial charge in [-0.15, -0.1) is 0 Å². The zero-order valence-corrected chi connectivity index (χ0v) is 10.2. The van der Waals surface area contributed by atoms with Gasteiger partial charge in [0, 0.05) is 13.1 Å². The Morgan fingerprint density at radius 1 is 1.44 bits per heavy atom. The number of aliphatic hydroxyl groups excluding tert-OH is 1. The topological polar surface area (TPSA) is 23.5 Å². The molecule has 0 radical (unpaired) electrons. The molecule has 16 heavy (non-hydrogen) atoms. The van der Waals surface area contributed by atoms with Crippen molar-refractivity contribution in [1.29, 1.82) is 0 Å². The maximum Gasteiger partial charge on any atom is 0.126 e. The molecule has 3 heteroatoms. The summed E-state index contributed by atoms with van der Waals surface area (Å²) in [7, 11) is 1.97. The van der Waals surface area contributed by atoms with Crippen LogP contribution in [0.15, 0.2) is 18.2 Å². The van der Waals surface area contributed by atoms with Gasteiger partial charge in [0.1, 0.15) is 5.82 Å². The zero-order valence-electron chi connectivity index (χ0n) is 10.2. The van der Waals surface area contributed by atoms with E-state index in [2.05, 4.69) is 4.90 Å². The molecule has 0 aromatic heterocycles. The van der Waals surface area contributed by atoms with E-state index in [1.807, 2.05) is 13.1 Å². The molecule has 0 amide bonds. The van der Waals surface area contributed by atoms with Crippen LogP contribution in [0.1, 0.15) is 24.5 Å². The summed E-state index contributed by atoms with van der Waals surface area (Å²) in [5, 5.41) is 9.16. The molecule has 1 rings (SSSR count). The largest absolute Gasteiger partial charge is 0.393 e. The van der Waals surface area contributed by atoms with Gasteiger partial charge in [-0.3, -0.25) is 0 Å². The molecule has 0 aliphatic heterocycles. The van der Waals surface area contributed by atoms with E-state index in [1.165, 1.54) is 0 Å². The summed E-state index contributed by atoms with van der Waals surface area (Å²) in [5.41, 5.74) is 1.64. The molecule has 1 atom stereocenters. The third kappa shape index (κ3) is 4.29. The van der Waals surface area contributed by atoms with Crippen molar-refractivity contribution in [2.75, 3.05) is 13.6 Å². The average molecular weight is 225 g/mol. The lowest BCUT2D eigenvalue weighted by Gasteiger charge is -2.17. The summed E-state index contributed by atoms with van der Waals surface area (Å²) < 4.78 is 13.3. The molecule has 1 N–H and O–H groups in total. The molecule has 0 saturated carbocycles. The van der Waals surface area contributed by atoms with Gasteiger partial charge in [-0.05, 0) is 44.5 Å². The highest BCUT2D eigenvalue weighted by molar-refractivity contribution is 5.23. The molecule has 0 saturated heterocycles. The van der Waals surface area contributed by atoms with Gasteiger partial charge in [-0.2, -0.15) is 0 Å². The highest BCUT2D eigenvalue weighted by atomic mass is 19.1. The van der Waals surface area contributed by atoms with E-state index in [1.54, 1.807) is 26.0 Å². The van der Waals surface area contributed by atoms with E-state index in [9.17, 15) is 4.39 Å². The second-order valence-electron chi connectivity index (χ2n) is 4.46. The van der Waals surface area contributed by atoms with Crippen LogP contribution in [0.2, 0.25) is 0 Å². The lowest BCUT2D eigenvalue weighted by atomic mass is 10.1. The Morgan fingerprint density at radius 2 is 2.12 bits per heavy atom. The van der Waals surface area contributed by atoms with Gasteiger partial charge >= 0.3 is 0 Å². The van der Waals surface area contributed by atoms with Crippen LogP contribution in [-0.2, 0) is 6.54 Å². The summed E-state index contributed by atoms with van der Waals surface area (Å²) >= 11 is 0. The molecule has 1 unspecified atom stereocenters. The Kier molecular flexibility index (Phi) is 4.90. The molecule has 1 aromatic rings. The summed E-state index contributed by atoms with van der Waals surface area (Å²) in [5.74, 6) is -0.151. The fourth-order valence-electron chi connectivity index (χ4n) is 1.53. The highest BCUT2D eigenvalue weighted by Crippen LogP contribution is 2.11. The minimum Gasteiger partial charge on any atom is -0.393 e. The van der Waals surface area contributed by atoms with Crippen molar-refractivity contribution < 1.29 is 9.50 Å². The van der Waals surface area contributed by atoms with Crippen molar-refractivity contribution >= 4 is 0 Å². The molecule has 1 aromatic carbocycles. The predicted octanol–water partition coefficient (Wildman–Crippen LogP) is 2.34. The molecule has 0 heterocycles. The normalized spacial score (nSPS) is 13.1. The maximum absolute atomic E-state index is 13.3. The van der Waals surface area contributed by atoms with Crippen molar-refractivity contribution in [3.05, 3.63) is 35.1 Å². The molecule has 90 valence electrons. The zero-order chi connectivity index (χ0) is 12.1. The highest BCUT2D eigenvalue weighted by Gasteiger charge is 2.04. The quantitative estimate of drug-likeness (QED) is 0.831. The minimum absolute atomic E-state index is 0.151. The van der Waals surface area contributed by atoms with Crippen molar-refractivity contribution in [3.8, 4) is 0 Å². The van der Waals surface area contributed by atoms with Gasteiger partial charge in [-0.25, -0.2) is 4.39 Å². The number of halogens is 1. The van der Waals surface area contributed by atoms with Crippen LogP contribution < -0.4 is 0 Å². The van der Waals surface area contributed by atoms with Crippen molar-refractivity contribution in [3.63, 3.8) is 0 Å².